The predicted molar refractivity (Wildman–Crippen MR) is 62.6 cm³/mol. The molecule has 0 fully saturated rings. The molecule has 2 heteroatoms. The SMILES string of the molecule is C=CN=CN=C(CC)C(C)C.CC. The molecule has 0 unspecified atom stereocenters. The van der Waals surface area contributed by atoms with Crippen LogP contribution in [0.2, 0.25) is 0 Å². The van der Waals surface area contributed by atoms with Gasteiger partial charge in [-0.05, 0) is 12.3 Å². The molecule has 0 N–H and O–H groups in total. The van der Waals surface area contributed by atoms with Crippen molar-refractivity contribution in [2.75, 3.05) is 0 Å². The molecule has 0 aliphatic rings. The molecule has 0 atom stereocenters. The van der Waals surface area contributed by atoms with Crippen LogP contribution in [0.4, 0.5) is 0 Å². The van der Waals surface area contributed by atoms with Crippen molar-refractivity contribution in [1.82, 2.24) is 0 Å². The molecule has 0 bridgehead atoms. The zero-order valence-corrected chi connectivity index (χ0v) is 9.54. The van der Waals surface area contributed by atoms with Crippen LogP contribution in [0.1, 0.15) is 41.0 Å². The second-order valence-corrected chi connectivity index (χ2v) is 2.58. The molecule has 0 saturated heterocycles. The maximum absolute atomic E-state index is 4.19. The first kappa shape index (κ1) is 14.6. The molecule has 0 aromatic carbocycles. The molecule has 0 radical (unpaired) electrons. The van der Waals surface area contributed by atoms with Crippen LogP contribution in [0.5, 0.6) is 0 Å². The van der Waals surface area contributed by atoms with Gasteiger partial charge in [-0.2, -0.15) is 0 Å². The van der Waals surface area contributed by atoms with Crippen molar-refractivity contribution in [1.29, 1.82) is 0 Å². The van der Waals surface area contributed by atoms with Gasteiger partial charge in [0.2, 0.25) is 0 Å². The average Bonchev–Trinajstić information content (AvgIpc) is 2.15. The van der Waals surface area contributed by atoms with Gasteiger partial charge in [0.1, 0.15) is 6.34 Å². The van der Waals surface area contributed by atoms with E-state index in [1.54, 1.807) is 6.34 Å². The molecule has 0 heterocycles. The summed E-state index contributed by atoms with van der Waals surface area (Å²) >= 11 is 0. The predicted octanol–water partition coefficient (Wildman–Crippen LogP) is 3.69. The van der Waals surface area contributed by atoms with Gasteiger partial charge in [0, 0.05) is 11.9 Å². The van der Waals surface area contributed by atoms with Crippen molar-refractivity contribution in [2.24, 2.45) is 15.9 Å². The van der Waals surface area contributed by atoms with Crippen LogP contribution in [-0.2, 0) is 0 Å². The third kappa shape index (κ3) is 8.99. The summed E-state index contributed by atoms with van der Waals surface area (Å²) in [7, 11) is 0. The number of hydrogen-bond donors (Lipinski definition) is 0. The van der Waals surface area contributed by atoms with Crippen molar-refractivity contribution in [2.45, 2.75) is 41.0 Å². The van der Waals surface area contributed by atoms with E-state index in [0.29, 0.717) is 5.92 Å². The van der Waals surface area contributed by atoms with Crippen LogP contribution >= 0.6 is 0 Å². The van der Waals surface area contributed by atoms with E-state index in [1.165, 1.54) is 11.9 Å². The number of hydrogen-bond acceptors (Lipinski definition) is 1. The summed E-state index contributed by atoms with van der Waals surface area (Å²) < 4.78 is 0. The van der Waals surface area contributed by atoms with Crippen molar-refractivity contribution in [3.63, 3.8) is 0 Å². The largest absolute Gasteiger partial charge is 0.246 e. The first-order valence-electron chi connectivity index (χ1n) is 4.91. The Hall–Kier alpha value is -0.920. The second-order valence-electron chi connectivity index (χ2n) is 2.58. The fraction of sp³-hybridized carbons (Fsp3) is 0.636. The highest BCUT2D eigenvalue weighted by Crippen LogP contribution is 1.99. The standard InChI is InChI=1S/C9H16N2.C2H6/c1-5-9(8(3)4)11-7-10-6-2;1-2/h6-8H,2,5H2,1,3-4H3;1-2H3. The highest BCUT2D eigenvalue weighted by Gasteiger charge is 1.99. The van der Waals surface area contributed by atoms with E-state index in [-0.39, 0.29) is 0 Å². The molecule has 0 aromatic rings. The Morgan fingerprint density at radius 2 is 1.92 bits per heavy atom. The van der Waals surface area contributed by atoms with Gasteiger partial charge < -0.3 is 0 Å². The average molecular weight is 182 g/mol. The second kappa shape index (κ2) is 11.1. The van der Waals surface area contributed by atoms with Gasteiger partial charge in [0.05, 0.1) is 0 Å². The molecular weight excluding hydrogens is 160 g/mol. The Morgan fingerprint density at radius 3 is 2.23 bits per heavy atom. The van der Waals surface area contributed by atoms with Gasteiger partial charge in [-0.3, -0.25) is 0 Å². The van der Waals surface area contributed by atoms with Crippen molar-refractivity contribution in [3.05, 3.63) is 12.8 Å². The molecule has 76 valence electrons. The molecule has 0 saturated carbocycles. The van der Waals surface area contributed by atoms with Gasteiger partial charge in [0.25, 0.3) is 0 Å². The van der Waals surface area contributed by atoms with E-state index in [0.717, 1.165) is 6.42 Å². The van der Waals surface area contributed by atoms with Gasteiger partial charge in [-0.1, -0.05) is 41.2 Å². The van der Waals surface area contributed by atoms with Crippen LogP contribution in [0.25, 0.3) is 0 Å². The fourth-order valence-electron chi connectivity index (χ4n) is 0.803. The lowest BCUT2D eigenvalue weighted by Crippen LogP contribution is -2.05. The Bertz CT molecular complexity index is 167. The number of aliphatic imine (C=N–C) groups is 2. The van der Waals surface area contributed by atoms with Crippen LogP contribution in [-0.4, -0.2) is 12.1 Å². The fourth-order valence-corrected chi connectivity index (χ4v) is 0.803. The minimum atomic E-state index is 0.510. The summed E-state index contributed by atoms with van der Waals surface area (Å²) in [6.07, 6.45) is 4.02. The van der Waals surface area contributed by atoms with Crippen molar-refractivity contribution in [3.8, 4) is 0 Å². The van der Waals surface area contributed by atoms with E-state index in [4.69, 9.17) is 0 Å². The third-order valence-corrected chi connectivity index (χ3v) is 1.42. The van der Waals surface area contributed by atoms with E-state index in [9.17, 15) is 0 Å². The van der Waals surface area contributed by atoms with Gasteiger partial charge >= 0.3 is 0 Å². The molecule has 0 aliphatic heterocycles. The lowest BCUT2D eigenvalue weighted by molar-refractivity contribution is 0.860. The van der Waals surface area contributed by atoms with Crippen molar-refractivity contribution < 1.29 is 0 Å². The number of rotatable bonds is 4. The summed E-state index contributed by atoms with van der Waals surface area (Å²) in [5, 5.41) is 0. The Morgan fingerprint density at radius 1 is 1.38 bits per heavy atom. The molecule has 0 aromatic heterocycles. The topological polar surface area (TPSA) is 24.7 Å². The Balaban J connectivity index is 0. The first-order chi connectivity index (χ1) is 6.22. The summed E-state index contributed by atoms with van der Waals surface area (Å²) in [6, 6.07) is 0. The van der Waals surface area contributed by atoms with Gasteiger partial charge in [-0.25, -0.2) is 9.98 Å². The van der Waals surface area contributed by atoms with Crippen LogP contribution in [0, 0.1) is 5.92 Å². The van der Waals surface area contributed by atoms with Crippen LogP contribution < -0.4 is 0 Å². The zero-order chi connectivity index (χ0) is 10.7. The molecule has 0 aliphatic carbocycles. The minimum absolute atomic E-state index is 0.510. The quantitative estimate of drug-likeness (QED) is 0.468. The maximum atomic E-state index is 4.19. The molecule has 13 heavy (non-hydrogen) atoms. The Kier molecular flexibility index (Phi) is 12.4. The summed E-state index contributed by atoms with van der Waals surface area (Å²) in [6.45, 7) is 13.8. The summed E-state index contributed by atoms with van der Waals surface area (Å²) in [5.74, 6) is 0.510. The van der Waals surface area contributed by atoms with Crippen LogP contribution in [0.3, 0.4) is 0 Å². The van der Waals surface area contributed by atoms with Gasteiger partial charge in [-0.15, -0.1) is 0 Å². The van der Waals surface area contributed by atoms with E-state index in [1.807, 2.05) is 13.8 Å². The lowest BCUT2D eigenvalue weighted by atomic mass is 10.1. The Labute approximate surface area is 82.5 Å². The van der Waals surface area contributed by atoms with Crippen molar-refractivity contribution >= 4 is 12.1 Å². The smallest absolute Gasteiger partial charge is 0.115 e. The molecule has 0 spiro atoms. The highest BCUT2D eigenvalue weighted by atomic mass is 14.8. The number of nitrogens with zero attached hydrogens (tertiary/aromatic N) is 2. The van der Waals surface area contributed by atoms with E-state index in [2.05, 4.69) is 37.3 Å². The first-order valence-corrected chi connectivity index (χ1v) is 4.91. The monoisotopic (exact) mass is 182 g/mol. The van der Waals surface area contributed by atoms with Crippen LogP contribution in [0.15, 0.2) is 22.8 Å². The normalized spacial score (nSPS) is 11.4. The van der Waals surface area contributed by atoms with Gasteiger partial charge in [0.15, 0.2) is 0 Å². The van der Waals surface area contributed by atoms with E-state index < -0.39 is 0 Å². The third-order valence-electron chi connectivity index (χ3n) is 1.42. The molecular formula is C11H22N2. The summed E-state index contributed by atoms with van der Waals surface area (Å²) in [5.41, 5.74) is 1.18. The minimum Gasteiger partial charge on any atom is -0.246 e. The maximum Gasteiger partial charge on any atom is 0.115 e. The van der Waals surface area contributed by atoms with E-state index >= 15 is 0 Å². The lowest BCUT2D eigenvalue weighted by Gasteiger charge is -2.03. The highest BCUT2D eigenvalue weighted by molar-refractivity contribution is 5.91. The molecule has 0 amide bonds. The molecule has 0 rings (SSSR count). The zero-order valence-electron chi connectivity index (χ0n) is 9.54. The molecule has 2 nitrogen and oxygen atoms in total. The summed E-state index contributed by atoms with van der Waals surface area (Å²) in [4.78, 5) is 7.98.